The Morgan fingerprint density at radius 3 is 2.38 bits per heavy atom. The molecule has 0 radical (unpaired) electrons. The van der Waals surface area contributed by atoms with Gasteiger partial charge in [-0.05, 0) is 42.8 Å². The molecule has 2 rings (SSSR count). The zero-order chi connectivity index (χ0) is 17.7. The van der Waals surface area contributed by atoms with E-state index in [4.69, 9.17) is 0 Å². The van der Waals surface area contributed by atoms with Gasteiger partial charge in [0.25, 0.3) is 0 Å². The minimum Gasteiger partial charge on any atom is -0.324 e. The lowest BCUT2D eigenvalue weighted by Gasteiger charge is -2.20. The maximum absolute atomic E-state index is 12.6. The zero-order valence-corrected chi connectivity index (χ0v) is 15.6. The number of sulfonamides is 1. The molecule has 2 N–H and O–H groups in total. The maximum atomic E-state index is 12.6. The van der Waals surface area contributed by atoms with Gasteiger partial charge in [0.15, 0.2) is 0 Å². The molecule has 2 aromatic rings. The van der Waals surface area contributed by atoms with Crippen LogP contribution in [0.25, 0.3) is 0 Å². The van der Waals surface area contributed by atoms with Crippen molar-refractivity contribution in [2.75, 3.05) is 5.32 Å². The average Bonchev–Trinajstić information content (AvgIpc) is 2.99. The van der Waals surface area contributed by atoms with Crippen LogP contribution in [0.5, 0.6) is 0 Å². The van der Waals surface area contributed by atoms with Gasteiger partial charge in [-0.25, -0.2) is 8.42 Å². The van der Waals surface area contributed by atoms with Gasteiger partial charge in [-0.15, -0.1) is 0 Å². The Kier molecular flexibility index (Phi) is 6.15. The Balaban J connectivity index is 2.18. The van der Waals surface area contributed by atoms with E-state index in [2.05, 4.69) is 10.0 Å². The maximum Gasteiger partial charge on any atom is 0.242 e. The van der Waals surface area contributed by atoms with Gasteiger partial charge >= 0.3 is 0 Å². The fraction of sp³-hybridized carbons (Fsp3) is 0.353. The van der Waals surface area contributed by atoms with E-state index in [1.807, 2.05) is 26.2 Å². The molecule has 0 spiro atoms. The third-order valence-corrected chi connectivity index (χ3v) is 5.61. The van der Waals surface area contributed by atoms with Gasteiger partial charge in [0.2, 0.25) is 15.9 Å². The van der Waals surface area contributed by atoms with Crippen LogP contribution in [0.4, 0.5) is 5.69 Å². The number of carbonyl (C=O) groups excluding carboxylic acids is 1. The minimum atomic E-state index is -3.75. The van der Waals surface area contributed by atoms with Gasteiger partial charge in [0, 0.05) is 5.38 Å². The number of nitrogens with one attached hydrogen (secondary N) is 2. The van der Waals surface area contributed by atoms with E-state index in [1.54, 1.807) is 35.7 Å². The van der Waals surface area contributed by atoms with Gasteiger partial charge < -0.3 is 5.32 Å². The van der Waals surface area contributed by atoms with Crippen molar-refractivity contribution in [3.8, 4) is 0 Å². The van der Waals surface area contributed by atoms with Gasteiger partial charge in [0.05, 0.1) is 10.6 Å². The summed E-state index contributed by atoms with van der Waals surface area (Å²) in [6, 6.07) is 7.51. The molecule has 1 aromatic heterocycles. The zero-order valence-electron chi connectivity index (χ0n) is 13.9. The molecule has 1 atom stereocenters. The number of anilines is 1. The summed E-state index contributed by atoms with van der Waals surface area (Å²) in [5.74, 6) is -0.179. The van der Waals surface area contributed by atoms with Crippen LogP contribution in [0, 0.1) is 12.8 Å². The summed E-state index contributed by atoms with van der Waals surface area (Å²) in [4.78, 5) is 12.6. The number of aryl methyl sites for hydroxylation is 1. The molecule has 5 nitrogen and oxygen atoms in total. The number of thiophene rings is 1. The highest BCUT2D eigenvalue weighted by molar-refractivity contribution is 7.89. The van der Waals surface area contributed by atoms with Crippen molar-refractivity contribution in [3.05, 3.63) is 46.7 Å². The summed E-state index contributed by atoms with van der Waals surface area (Å²) < 4.78 is 27.6. The Bertz CT molecular complexity index is 767. The summed E-state index contributed by atoms with van der Waals surface area (Å²) in [7, 11) is -3.75. The number of hydrogen-bond acceptors (Lipinski definition) is 4. The molecule has 0 aliphatic carbocycles. The molecule has 1 aromatic carbocycles. The molecule has 1 heterocycles. The number of benzene rings is 1. The normalized spacial score (nSPS) is 13.0. The van der Waals surface area contributed by atoms with E-state index in [0.29, 0.717) is 12.1 Å². The van der Waals surface area contributed by atoms with Crippen LogP contribution in [0.15, 0.2) is 46.0 Å². The number of hydrogen-bond donors (Lipinski definition) is 2. The van der Waals surface area contributed by atoms with Crippen molar-refractivity contribution in [1.82, 2.24) is 4.72 Å². The van der Waals surface area contributed by atoms with Crippen molar-refractivity contribution in [1.29, 1.82) is 0 Å². The van der Waals surface area contributed by atoms with Crippen LogP contribution in [-0.4, -0.2) is 20.4 Å². The molecular formula is C17H22N2O3S2. The minimum absolute atomic E-state index is 0.158. The van der Waals surface area contributed by atoms with E-state index in [1.165, 1.54) is 11.3 Å². The molecule has 0 fully saturated rings. The van der Waals surface area contributed by atoms with Crippen LogP contribution >= 0.6 is 11.3 Å². The Morgan fingerprint density at radius 2 is 1.83 bits per heavy atom. The van der Waals surface area contributed by atoms with Crippen molar-refractivity contribution in [2.24, 2.45) is 5.92 Å². The second kappa shape index (κ2) is 7.92. The number of amides is 1. The van der Waals surface area contributed by atoms with Crippen molar-refractivity contribution < 1.29 is 13.2 Å². The largest absolute Gasteiger partial charge is 0.324 e. The van der Waals surface area contributed by atoms with Crippen molar-refractivity contribution in [2.45, 2.75) is 38.1 Å². The fourth-order valence-electron chi connectivity index (χ4n) is 2.22. The van der Waals surface area contributed by atoms with E-state index in [0.717, 1.165) is 5.56 Å². The molecule has 0 bridgehead atoms. The summed E-state index contributed by atoms with van der Waals surface area (Å²) in [5.41, 5.74) is 1.65. The molecule has 0 aliphatic heterocycles. The van der Waals surface area contributed by atoms with Crippen molar-refractivity contribution >= 4 is 33.0 Å². The first-order valence-corrected chi connectivity index (χ1v) is 10.1. The predicted octanol–water partition coefficient (Wildman–Crippen LogP) is 3.39. The van der Waals surface area contributed by atoms with Crippen LogP contribution in [0.2, 0.25) is 0 Å². The van der Waals surface area contributed by atoms with Gasteiger partial charge in [-0.1, -0.05) is 31.5 Å². The quantitative estimate of drug-likeness (QED) is 0.789. The lowest BCUT2D eigenvalue weighted by Crippen LogP contribution is -2.44. The predicted molar refractivity (Wildman–Crippen MR) is 97.7 cm³/mol. The molecule has 1 unspecified atom stereocenters. The molecule has 7 heteroatoms. The SMILES string of the molecule is Cc1ccc(S(=O)(=O)NC(CC(C)C)C(=O)Nc2ccsc2)cc1. The highest BCUT2D eigenvalue weighted by atomic mass is 32.2. The Morgan fingerprint density at radius 1 is 1.17 bits per heavy atom. The van der Waals surface area contributed by atoms with Gasteiger partial charge in [-0.3, -0.25) is 4.79 Å². The summed E-state index contributed by atoms with van der Waals surface area (Å²) in [6.07, 6.45) is 0.418. The molecule has 0 saturated carbocycles. The van der Waals surface area contributed by atoms with Crippen LogP contribution in [0.3, 0.4) is 0 Å². The van der Waals surface area contributed by atoms with E-state index in [9.17, 15) is 13.2 Å². The summed E-state index contributed by atoms with van der Waals surface area (Å²) >= 11 is 1.47. The average molecular weight is 367 g/mol. The second-order valence-electron chi connectivity index (χ2n) is 6.12. The third kappa shape index (κ3) is 5.15. The standard InChI is InChI=1S/C17H22N2O3S2/c1-12(2)10-16(17(20)18-14-8-9-23-11-14)19-24(21,22)15-6-4-13(3)5-7-15/h4-9,11-12,16,19H,10H2,1-3H3,(H,18,20). The van der Waals surface area contributed by atoms with Crippen LogP contribution in [0.1, 0.15) is 25.8 Å². The van der Waals surface area contributed by atoms with Gasteiger partial charge in [0.1, 0.15) is 6.04 Å². The Labute approximate surface area is 147 Å². The molecule has 24 heavy (non-hydrogen) atoms. The highest BCUT2D eigenvalue weighted by Gasteiger charge is 2.26. The second-order valence-corrected chi connectivity index (χ2v) is 8.61. The molecule has 0 aliphatic rings. The van der Waals surface area contributed by atoms with Gasteiger partial charge in [-0.2, -0.15) is 16.1 Å². The van der Waals surface area contributed by atoms with Crippen LogP contribution < -0.4 is 10.0 Å². The van der Waals surface area contributed by atoms with E-state index < -0.39 is 16.1 Å². The first kappa shape index (κ1) is 18.6. The smallest absolute Gasteiger partial charge is 0.242 e. The number of carbonyl (C=O) groups is 1. The third-order valence-electron chi connectivity index (χ3n) is 3.44. The highest BCUT2D eigenvalue weighted by Crippen LogP contribution is 2.16. The molecular weight excluding hydrogens is 344 g/mol. The summed E-state index contributed by atoms with van der Waals surface area (Å²) in [5, 5.41) is 6.41. The molecule has 0 saturated heterocycles. The molecule has 1 amide bonds. The van der Waals surface area contributed by atoms with E-state index >= 15 is 0 Å². The topological polar surface area (TPSA) is 75.3 Å². The van der Waals surface area contributed by atoms with E-state index in [-0.39, 0.29) is 16.7 Å². The first-order valence-electron chi connectivity index (χ1n) is 7.70. The number of rotatable bonds is 7. The van der Waals surface area contributed by atoms with Crippen molar-refractivity contribution in [3.63, 3.8) is 0 Å². The lowest BCUT2D eigenvalue weighted by atomic mass is 10.0. The summed E-state index contributed by atoms with van der Waals surface area (Å²) in [6.45, 7) is 5.79. The monoisotopic (exact) mass is 366 g/mol. The Hall–Kier alpha value is -1.70. The fourth-order valence-corrected chi connectivity index (χ4v) is 4.01. The van der Waals surface area contributed by atoms with Crippen LogP contribution in [-0.2, 0) is 14.8 Å². The first-order chi connectivity index (χ1) is 11.3. The lowest BCUT2D eigenvalue weighted by molar-refractivity contribution is -0.118. The molecule has 130 valence electrons.